The number of fused-ring (bicyclic) bond motifs is 1. The van der Waals surface area contributed by atoms with Crippen LogP contribution >= 0.6 is 11.6 Å². The third-order valence-corrected chi connectivity index (χ3v) is 6.75. The zero-order chi connectivity index (χ0) is 21.3. The highest BCUT2D eigenvalue weighted by atomic mass is 35.5. The monoisotopic (exact) mass is 430 g/mol. The lowest BCUT2D eigenvalue weighted by Crippen LogP contribution is -2.49. The largest absolute Gasteiger partial charge is 0.489 e. The molecule has 6 heteroatoms. The highest BCUT2D eigenvalue weighted by Crippen LogP contribution is 2.44. The lowest BCUT2D eigenvalue weighted by Gasteiger charge is -2.44. The second-order valence-corrected chi connectivity index (χ2v) is 8.53. The van der Waals surface area contributed by atoms with Crippen LogP contribution in [-0.2, 0) is 5.41 Å². The van der Waals surface area contributed by atoms with Gasteiger partial charge in [0.15, 0.2) is 11.6 Å². The van der Waals surface area contributed by atoms with E-state index in [1.54, 1.807) is 18.5 Å². The van der Waals surface area contributed by atoms with E-state index in [1.807, 2.05) is 25.1 Å². The second kappa shape index (κ2) is 8.48. The van der Waals surface area contributed by atoms with Crippen molar-refractivity contribution in [3.05, 3.63) is 71.0 Å². The van der Waals surface area contributed by atoms with Gasteiger partial charge in [0.2, 0.25) is 0 Å². The molecule has 0 saturated heterocycles. The van der Waals surface area contributed by atoms with Crippen molar-refractivity contribution in [2.45, 2.75) is 56.6 Å². The molecule has 0 bridgehead atoms. The molecule has 158 valence electrons. The van der Waals surface area contributed by atoms with Gasteiger partial charge in [0.1, 0.15) is 5.75 Å². The molecule has 0 spiro atoms. The molecule has 0 radical (unpaired) electrons. The number of aromatic nitrogens is 1. The predicted molar refractivity (Wildman–Crippen MR) is 116 cm³/mol. The molecule has 2 N–H and O–H groups in total. The van der Waals surface area contributed by atoms with Crippen LogP contribution < -0.4 is 10.5 Å². The van der Waals surface area contributed by atoms with Gasteiger partial charge in [-0.05, 0) is 73.4 Å². The third-order valence-electron chi connectivity index (χ3n) is 6.45. The van der Waals surface area contributed by atoms with E-state index in [0.717, 1.165) is 48.4 Å². The topological polar surface area (TPSA) is 48.1 Å². The van der Waals surface area contributed by atoms with Gasteiger partial charge < -0.3 is 10.5 Å². The molecule has 3 aromatic rings. The number of rotatable bonds is 5. The lowest BCUT2D eigenvalue weighted by atomic mass is 9.64. The summed E-state index contributed by atoms with van der Waals surface area (Å²) in [6.45, 7) is 2.03. The zero-order valence-corrected chi connectivity index (χ0v) is 17.6. The molecule has 1 aromatic heterocycles. The number of nitrogens with two attached hydrogens (primary N) is 1. The SMILES string of the molecule is CCC(N)[C@]1(c2ccc(F)c(F)c2)CC[C@H](Oc2cc3ccncc3cc2Cl)CC1. The van der Waals surface area contributed by atoms with E-state index in [0.29, 0.717) is 10.8 Å². The van der Waals surface area contributed by atoms with Crippen molar-refractivity contribution >= 4 is 22.4 Å². The van der Waals surface area contributed by atoms with Crippen molar-refractivity contribution in [3.8, 4) is 5.75 Å². The normalized spacial score (nSPS) is 22.8. The van der Waals surface area contributed by atoms with Crippen LogP contribution in [0.5, 0.6) is 5.75 Å². The van der Waals surface area contributed by atoms with Crippen molar-refractivity contribution < 1.29 is 13.5 Å². The smallest absolute Gasteiger partial charge is 0.159 e. The minimum atomic E-state index is -0.836. The van der Waals surface area contributed by atoms with Gasteiger partial charge in [0.05, 0.1) is 11.1 Å². The average Bonchev–Trinajstić information content (AvgIpc) is 2.76. The highest BCUT2D eigenvalue weighted by molar-refractivity contribution is 6.32. The molecule has 1 fully saturated rings. The van der Waals surface area contributed by atoms with Gasteiger partial charge in [-0.25, -0.2) is 8.78 Å². The van der Waals surface area contributed by atoms with Crippen LogP contribution in [0.4, 0.5) is 8.78 Å². The summed E-state index contributed by atoms with van der Waals surface area (Å²) in [7, 11) is 0. The number of nitrogens with zero attached hydrogens (tertiary/aromatic N) is 1. The quantitative estimate of drug-likeness (QED) is 0.527. The van der Waals surface area contributed by atoms with Gasteiger partial charge in [-0.2, -0.15) is 0 Å². The summed E-state index contributed by atoms with van der Waals surface area (Å²) in [5.41, 5.74) is 6.89. The van der Waals surface area contributed by atoms with Gasteiger partial charge in [-0.3, -0.25) is 4.98 Å². The Bertz CT molecular complexity index is 1050. The predicted octanol–water partition coefficient (Wildman–Crippen LogP) is 6.16. The summed E-state index contributed by atoms with van der Waals surface area (Å²) in [4.78, 5) is 4.12. The molecular weight excluding hydrogens is 406 g/mol. The molecule has 30 heavy (non-hydrogen) atoms. The zero-order valence-electron chi connectivity index (χ0n) is 16.9. The first-order chi connectivity index (χ1) is 14.4. The molecule has 0 amide bonds. The summed E-state index contributed by atoms with van der Waals surface area (Å²) in [5, 5.41) is 2.53. The molecular formula is C24H25ClF2N2O. The first kappa shape index (κ1) is 21.0. The lowest BCUT2D eigenvalue weighted by molar-refractivity contribution is 0.103. The van der Waals surface area contributed by atoms with Gasteiger partial charge in [-0.15, -0.1) is 0 Å². The summed E-state index contributed by atoms with van der Waals surface area (Å²) in [6, 6.07) is 9.76. The Morgan fingerprint density at radius 1 is 1.13 bits per heavy atom. The first-order valence-electron chi connectivity index (χ1n) is 10.3. The Morgan fingerprint density at radius 2 is 1.90 bits per heavy atom. The fraction of sp³-hybridized carbons (Fsp3) is 0.375. The van der Waals surface area contributed by atoms with Crippen molar-refractivity contribution in [2.24, 2.45) is 5.73 Å². The fourth-order valence-electron chi connectivity index (χ4n) is 4.65. The summed E-state index contributed by atoms with van der Waals surface area (Å²) in [5.74, 6) is -1.01. The molecule has 1 heterocycles. The minimum Gasteiger partial charge on any atom is -0.489 e. The van der Waals surface area contributed by atoms with E-state index in [2.05, 4.69) is 4.98 Å². The Morgan fingerprint density at radius 3 is 2.60 bits per heavy atom. The van der Waals surface area contributed by atoms with Gasteiger partial charge in [-0.1, -0.05) is 24.6 Å². The van der Waals surface area contributed by atoms with E-state index in [1.165, 1.54) is 12.1 Å². The van der Waals surface area contributed by atoms with E-state index in [4.69, 9.17) is 22.1 Å². The van der Waals surface area contributed by atoms with Crippen molar-refractivity contribution in [3.63, 3.8) is 0 Å². The molecule has 1 saturated carbocycles. The van der Waals surface area contributed by atoms with Gasteiger partial charge >= 0.3 is 0 Å². The van der Waals surface area contributed by atoms with E-state index in [-0.39, 0.29) is 17.6 Å². The van der Waals surface area contributed by atoms with Crippen LogP contribution in [0.1, 0.15) is 44.6 Å². The minimum absolute atomic E-state index is 0.00994. The molecule has 1 unspecified atom stereocenters. The van der Waals surface area contributed by atoms with Crippen LogP contribution in [-0.4, -0.2) is 17.1 Å². The second-order valence-electron chi connectivity index (χ2n) is 8.12. The van der Waals surface area contributed by atoms with Crippen molar-refractivity contribution in [2.75, 3.05) is 0 Å². The van der Waals surface area contributed by atoms with E-state index in [9.17, 15) is 8.78 Å². The van der Waals surface area contributed by atoms with Gasteiger partial charge in [0, 0.05) is 29.2 Å². The van der Waals surface area contributed by atoms with E-state index >= 15 is 0 Å². The van der Waals surface area contributed by atoms with Crippen LogP contribution in [0.2, 0.25) is 5.02 Å². The van der Waals surface area contributed by atoms with Crippen LogP contribution in [0.15, 0.2) is 48.8 Å². The Kier molecular flexibility index (Phi) is 5.94. The number of hydrogen-bond acceptors (Lipinski definition) is 3. The molecule has 4 rings (SSSR count). The summed E-state index contributed by atoms with van der Waals surface area (Å²) < 4.78 is 33.7. The number of halogens is 3. The van der Waals surface area contributed by atoms with E-state index < -0.39 is 11.6 Å². The van der Waals surface area contributed by atoms with Crippen LogP contribution in [0.3, 0.4) is 0 Å². The molecule has 0 aliphatic heterocycles. The summed E-state index contributed by atoms with van der Waals surface area (Å²) in [6.07, 6.45) is 7.27. The number of ether oxygens (including phenoxy) is 1. The third kappa shape index (κ3) is 3.88. The Hall–Kier alpha value is -2.24. The number of hydrogen-bond donors (Lipinski definition) is 1. The van der Waals surface area contributed by atoms with Gasteiger partial charge in [0.25, 0.3) is 0 Å². The maximum absolute atomic E-state index is 13.9. The summed E-state index contributed by atoms with van der Waals surface area (Å²) >= 11 is 6.43. The molecule has 3 nitrogen and oxygen atoms in total. The molecule has 1 atom stereocenters. The van der Waals surface area contributed by atoms with Crippen LogP contribution in [0, 0.1) is 11.6 Å². The first-order valence-corrected chi connectivity index (χ1v) is 10.7. The fourth-order valence-corrected chi connectivity index (χ4v) is 4.87. The average molecular weight is 431 g/mol. The maximum atomic E-state index is 13.9. The maximum Gasteiger partial charge on any atom is 0.159 e. The van der Waals surface area contributed by atoms with Crippen molar-refractivity contribution in [1.82, 2.24) is 4.98 Å². The number of pyridine rings is 1. The molecule has 1 aliphatic carbocycles. The molecule has 1 aliphatic rings. The Balaban J connectivity index is 1.55. The molecule has 2 aromatic carbocycles. The van der Waals surface area contributed by atoms with Crippen molar-refractivity contribution in [1.29, 1.82) is 0 Å². The Labute approximate surface area is 180 Å². The highest BCUT2D eigenvalue weighted by Gasteiger charge is 2.42. The number of benzene rings is 2. The van der Waals surface area contributed by atoms with Crippen LogP contribution in [0.25, 0.3) is 10.8 Å². The standard InChI is InChI=1S/C24H25ClF2N2O/c1-2-23(28)24(17-3-4-20(26)21(27)13-17)8-5-18(6-9-24)30-22-12-15-7-10-29-14-16(15)11-19(22)25/h3-4,7,10-14,18,23H,2,5-6,8-9,28H2,1H3/t18-,23?,24+.